The summed E-state index contributed by atoms with van der Waals surface area (Å²) in [5.41, 5.74) is 6.88. The number of nitrogens with one attached hydrogen (secondary N) is 2. The topological polar surface area (TPSA) is 126 Å². The Morgan fingerprint density at radius 2 is 2.27 bits per heavy atom. The largest absolute Gasteiger partial charge is 0.395 e. The minimum Gasteiger partial charge on any atom is -0.395 e. The second-order valence-electron chi connectivity index (χ2n) is 4.80. The molecule has 5 N–H and O–H groups in total. The molecule has 2 rings (SSSR count). The van der Waals surface area contributed by atoms with Crippen molar-refractivity contribution in [2.75, 3.05) is 24.2 Å². The normalized spacial score (nSPS) is 12.1. The molecule has 118 valence electrons. The Labute approximate surface area is 128 Å². The van der Waals surface area contributed by atoms with Crippen LogP contribution < -0.4 is 16.4 Å². The molecule has 0 saturated carbocycles. The van der Waals surface area contributed by atoms with Gasteiger partial charge in [0.1, 0.15) is 11.6 Å². The minimum absolute atomic E-state index is 0.102. The van der Waals surface area contributed by atoms with Crippen molar-refractivity contribution in [3.63, 3.8) is 0 Å². The van der Waals surface area contributed by atoms with E-state index in [9.17, 15) is 4.79 Å². The van der Waals surface area contributed by atoms with Gasteiger partial charge in [-0.2, -0.15) is 4.98 Å². The fraction of sp³-hybridized carbons (Fsp3) is 0.429. The summed E-state index contributed by atoms with van der Waals surface area (Å²) in [6, 6.07) is 3.07. The van der Waals surface area contributed by atoms with Gasteiger partial charge in [0.2, 0.25) is 11.9 Å². The second-order valence-corrected chi connectivity index (χ2v) is 4.80. The monoisotopic (exact) mass is 304 g/mol. The summed E-state index contributed by atoms with van der Waals surface area (Å²) < 4.78 is 0. The highest BCUT2D eigenvalue weighted by atomic mass is 16.3. The Morgan fingerprint density at radius 1 is 1.45 bits per heavy atom. The summed E-state index contributed by atoms with van der Waals surface area (Å²) in [6.07, 6.45) is 3.07. The van der Waals surface area contributed by atoms with Gasteiger partial charge in [-0.15, -0.1) is 0 Å². The van der Waals surface area contributed by atoms with Gasteiger partial charge in [0, 0.05) is 12.7 Å². The number of carbonyl (C=O) groups excluding carboxylic acids is 1. The third-order valence-electron chi connectivity index (χ3n) is 3.09. The van der Waals surface area contributed by atoms with E-state index < -0.39 is 6.04 Å². The number of hydrogen-bond acceptors (Lipinski definition) is 7. The predicted octanol–water partition coefficient (Wildman–Crippen LogP) is 0.296. The Kier molecular flexibility index (Phi) is 5.42. The van der Waals surface area contributed by atoms with Crippen LogP contribution in [0.5, 0.6) is 0 Å². The number of pyridine rings is 1. The van der Waals surface area contributed by atoms with Crippen molar-refractivity contribution >= 4 is 28.7 Å². The van der Waals surface area contributed by atoms with E-state index in [0.29, 0.717) is 23.3 Å². The maximum Gasteiger partial charge on any atom is 0.242 e. The van der Waals surface area contributed by atoms with E-state index in [-0.39, 0.29) is 25.0 Å². The number of nitrogens with zero attached hydrogens (tertiary/aromatic N) is 3. The van der Waals surface area contributed by atoms with Gasteiger partial charge in [0.25, 0.3) is 0 Å². The summed E-state index contributed by atoms with van der Waals surface area (Å²) in [4.78, 5) is 24.6. The van der Waals surface area contributed by atoms with E-state index >= 15 is 0 Å². The highest BCUT2D eigenvalue weighted by molar-refractivity contribution is 5.90. The number of nitrogen functional groups attached to an aromatic ring is 1. The minimum atomic E-state index is -0.476. The molecular weight excluding hydrogens is 284 g/mol. The molecule has 1 atom stereocenters. The summed E-state index contributed by atoms with van der Waals surface area (Å²) in [5, 5.41) is 14.6. The molecule has 0 aliphatic rings. The zero-order chi connectivity index (χ0) is 15.9. The van der Waals surface area contributed by atoms with Crippen LogP contribution in [0, 0.1) is 0 Å². The smallest absolute Gasteiger partial charge is 0.242 e. The van der Waals surface area contributed by atoms with E-state index in [2.05, 4.69) is 25.6 Å². The first kappa shape index (κ1) is 15.9. The molecule has 0 bridgehead atoms. The van der Waals surface area contributed by atoms with Crippen molar-refractivity contribution in [3.05, 3.63) is 18.3 Å². The molecule has 8 heteroatoms. The second kappa shape index (κ2) is 7.51. The number of rotatable bonds is 7. The van der Waals surface area contributed by atoms with Crippen molar-refractivity contribution in [1.82, 2.24) is 20.3 Å². The molecule has 0 aliphatic carbocycles. The Morgan fingerprint density at radius 3 is 3.00 bits per heavy atom. The lowest BCUT2D eigenvalue weighted by Crippen LogP contribution is -2.41. The molecule has 0 spiro atoms. The number of fused-ring (bicyclic) bond motifs is 1. The first-order chi connectivity index (χ1) is 10.7. The maximum atomic E-state index is 12.1. The molecule has 0 aromatic carbocycles. The molecule has 8 nitrogen and oxygen atoms in total. The highest BCUT2D eigenvalue weighted by Gasteiger charge is 2.19. The Balaban J connectivity index is 2.27. The number of hydrogen-bond donors (Lipinski definition) is 4. The molecule has 0 radical (unpaired) electrons. The van der Waals surface area contributed by atoms with E-state index in [1.807, 2.05) is 6.92 Å². The first-order valence-corrected chi connectivity index (χ1v) is 7.19. The van der Waals surface area contributed by atoms with Crippen molar-refractivity contribution in [2.45, 2.75) is 25.8 Å². The number of aliphatic hydroxyl groups is 1. The van der Waals surface area contributed by atoms with Crippen LogP contribution in [0.25, 0.3) is 11.0 Å². The van der Waals surface area contributed by atoms with Crippen molar-refractivity contribution in [3.8, 4) is 0 Å². The fourth-order valence-electron chi connectivity index (χ4n) is 2.11. The van der Waals surface area contributed by atoms with Crippen LogP contribution in [-0.2, 0) is 4.79 Å². The van der Waals surface area contributed by atoms with Crippen molar-refractivity contribution in [2.24, 2.45) is 0 Å². The lowest BCUT2D eigenvalue weighted by atomic mass is 10.1. The van der Waals surface area contributed by atoms with Gasteiger partial charge in [-0.3, -0.25) is 9.78 Å². The van der Waals surface area contributed by atoms with Gasteiger partial charge in [0.15, 0.2) is 5.82 Å². The number of nitrogens with two attached hydrogens (primary N) is 1. The molecular formula is C14H20N6O2. The van der Waals surface area contributed by atoms with Gasteiger partial charge in [-0.05, 0) is 18.6 Å². The molecule has 0 aliphatic heterocycles. The van der Waals surface area contributed by atoms with Crippen LogP contribution in [-0.4, -0.2) is 45.2 Å². The van der Waals surface area contributed by atoms with Crippen LogP contribution in [0.3, 0.4) is 0 Å². The molecule has 2 aromatic rings. The maximum absolute atomic E-state index is 12.1. The van der Waals surface area contributed by atoms with Gasteiger partial charge < -0.3 is 21.5 Å². The van der Waals surface area contributed by atoms with E-state index in [1.54, 1.807) is 18.3 Å². The van der Waals surface area contributed by atoms with Crippen molar-refractivity contribution in [1.29, 1.82) is 0 Å². The number of carbonyl (C=O) groups is 1. The van der Waals surface area contributed by atoms with E-state index in [4.69, 9.17) is 10.8 Å². The van der Waals surface area contributed by atoms with Crippen LogP contribution in [0.4, 0.5) is 11.8 Å². The Bertz CT molecular complexity index is 648. The average molecular weight is 304 g/mol. The van der Waals surface area contributed by atoms with Crippen molar-refractivity contribution < 1.29 is 9.90 Å². The molecule has 1 amide bonds. The van der Waals surface area contributed by atoms with E-state index in [1.165, 1.54) is 0 Å². The van der Waals surface area contributed by atoms with Gasteiger partial charge in [-0.25, -0.2) is 4.98 Å². The van der Waals surface area contributed by atoms with Crippen LogP contribution >= 0.6 is 0 Å². The summed E-state index contributed by atoms with van der Waals surface area (Å²) in [5.74, 6) is 0.354. The summed E-state index contributed by atoms with van der Waals surface area (Å²) in [6.45, 7) is 2.10. The van der Waals surface area contributed by atoms with Crippen LogP contribution in [0.15, 0.2) is 18.3 Å². The lowest BCUT2D eigenvalue weighted by Gasteiger charge is -2.18. The standard InChI is InChI=1S/C14H20N6O2/c1-2-4-10(13(22)17-7-8-21)18-12-11-9(5-3-6-16-11)19-14(15)20-12/h3,5-6,10,21H,2,4,7-8H2,1H3,(H,17,22)(H3,15,18,19,20). The molecule has 2 heterocycles. The Hall–Kier alpha value is -2.48. The first-order valence-electron chi connectivity index (χ1n) is 7.19. The van der Waals surface area contributed by atoms with Gasteiger partial charge in [-0.1, -0.05) is 13.3 Å². The molecule has 0 saturated heterocycles. The summed E-state index contributed by atoms with van der Waals surface area (Å²) >= 11 is 0. The number of amides is 1. The molecule has 0 fully saturated rings. The third kappa shape index (κ3) is 3.79. The molecule has 22 heavy (non-hydrogen) atoms. The van der Waals surface area contributed by atoms with Gasteiger partial charge >= 0.3 is 0 Å². The van der Waals surface area contributed by atoms with Crippen LogP contribution in [0.1, 0.15) is 19.8 Å². The molecule has 1 unspecified atom stereocenters. The zero-order valence-corrected chi connectivity index (χ0v) is 12.4. The van der Waals surface area contributed by atoms with Crippen LogP contribution in [0.2, 0.25) is 0 Å². The fourth-order valence-corrected chi connectivity index (χ4v) is 2.11. The SMILES string of the molecule is CCCC(Nc1nc(N)nc2cccnc12)C(=O)NCCO. The zero-order valence-electron chi connectivity index (χ0n) is 12.4. The predicted molar refractivity (Wildman–Crippen MR) is 84.2 cm³/mol. The number of aliphatic hydroxyl groups excluding tert-OH is 1. The number of aromatic nitrogens is 3. The third-order valence-corrected chi connectivity index (χ3v) is 3.09. The van der Waals surface area contributed by atoms with Gasteiger partial charge in [0.05, 0.1) is 12.1 Å². The van der Waals surface area contributed by atoms with E-state index in [0.717, 1.165) is 6.42 Å². The average Bonchev–Trinajstić information content (AvgIpc) is 2.52. The number of anilines is 2. The lowest BCUT2D eigenvalue weighted by molar-refractivity contribution is -0.122. The highest BCUT2D eigenvalue weighted by Crippen LogP contribution is 2.20. The quantitative estimate of drug-likeness (QED) is 0.579. The summed E-state index contributed by atoms with van der Waals surface area (Å²) in [7, 11) is 0. The molecule has 2 aromatic heterocycles.